The number of anilines is 1. The van der Waals surface area contributed by atoms with Crippen molar-refractivity contribution < 1.29 is 9.21 Å². The molecule has 0 spiro atoms. The van der Waals surface area contributed by atoms with Crippen molar-refractivity contribution in [1.82, 2.24) is 5.32 Å². The summed E-state index contributed by atoms with van der Waals surface area (Å²) in [6, 6.07) is 11.0. The second-order valence-electron chi connectivity index (χ2n) is 4.68. The SMILES string of the molecule is CC(CCc1ccco1)NC(=O)c1ccccc1NN. The highest BCUT2D eigenvalue weighted by Crippen LogP contribution is 2.14. The number of para-hydroxylation sites is 1. The van der Waals surface area contributed by atoms with E-state index in [1.807, 2.05) is 31.2 Å². The molecular weight excluding hydrogens is 254 g/mol. The predicted molar refractivity (Wildman–Crippen MR) is 78.2 cm³/mol. The first kappa shape index (κ1) is 14.1. The van der Waals surface area contributed by atoms with E-state index >= 15 is 0 Å². The van der Waals surface area contributed by atoms with Crippen LogP contribution in [0.5, 0.6) is 0 Å². The third kappa shape index (κ3) is 3.61. The number of amides is 1. The number of hydrogen-bond donors (Lipinski definition) is 3. The molecule has 1 amide bonds. The standard InChI is InChI=1S/C15H19N3O2/c1-11(8-9-12-5-4-10-20-12)17-15(19)13-6-2-3-7-14(13)18-16/h2-7,10-11,18H,8-9,16H2,1H3,(H,17,19). The number of aryl methyl sites for hydroxylation is 1. The second-order valence-corrected chi connectivity index (χ2v) is 4.68. The number of furan rings is 1. The molecule has 0 saturated heterocycles. The van der Waals surface area contributed by atoms with Crippen LogP contribution >= 0.6 is 0 Å². The fourth-order valence-corrected chi connectivity index (χ4v) is 1.99. The minimum Gasteiger partial charge on any atom is -0.469 e. The third-order valence-corrected chi connectivity index (χ3v) is 3.11. The molecule has 106 valence electrons. The van der Waals surface area contributed by atoms with Gasteiger partial charge in [-0.15, -0.1) is 0 Å². The lowest BCUT2D eigenvalue weighted by molar-refractivity contribution is 0.0939. The van der Waals surface area contributed by atoms with Gasteiger partial charge in [-0.2, -0.15) is 0 Å². The van der Waals surface area contributed by atoms with Gasteiger partial charge in [-0.1, -0.05) is 12.1 Å². The van der Waals surface area contributed by atoms with Crippen LogP contribution in [-0.4, -0.2) is 11.9 Å². The Hall–Kier alpha value is -2.27. The van der Waals surface area contributed by atoms with E-state index in [1.165, 1.54) is 0 Å². The lowest BCUT2D eigenvalue weighted by Crippen LogP contribution is -2.33. The average Bonchev–Trinajstić information content (AvgIpc) is 2.98. The summed E-state index contributed by atoms with van der Waals surface area (Å²) in [7, 11) is 0. The summed E-state index contributed by atoms with van der Waals surface area (Å²) in [5, 5.41) is 2.96. The number of nitrogens with two attached hydrogens (primary N) is 1. The van der Waals surface area contributed by atoms with Gasteiger partial charge >= 0.3 is 0 Å². The Kier molecular flexibility index (Phi) is 4.79. The molecule has 4 N–H and O–H groups in total. The monoisotopic (exact) mass is 273 g/mol. The molecule has 0 fully saturated rings. The summed E-state index contributed by atoms with van der Waals surface area (Å²) in [6.45, 7) is 1.97. The zero-order chi connectivity index (χ0) is 14.4. The predicted octanol–water partition coefficient (Wildman–Crippen LogP) is 2.32. The van der Waals surface area contributed by atoms with Crippen molar-refractivity contribution in [2.24, 2.45) is 5.84 Å². The summed E-state index contributed by atoms with van der Waals surface area (Å²) >= 11 is 0. The molecule has 5 heteroatoms. The molecule has 0 bridgehead atoms. The van der Waals surface area contributed by atoms with Gasteiger partial charge in [0.2, 0.25) is 0 Å². The Morgan fingerprint density at radius 1 is 1.30 bits per heavy atom. The molecule has 20 heavy (non-hydrogen) atoms. The van der Waals surface area contributed by atoms with Crippen molar-refractivity contribution in [2.75, 3.05) is 5.43 Å². The highest BCUT2D eigenvalue weighted by molar-refractivity contribution is 5.99. The van der Waals surface area contributed by atoms with Crippen LogP contribution < -0.4 is 16.6 Å². The number of carbonyl (C=O) groups excluding carboxylic acids is 1. The Morgan fingerprint density at radius 2 is 2.10 bits per heavy atom. The van der Waals surface area contributed by atoms with Gasteiger partial charge in [-0.3, -0.25) is 10.6 Å². The van der Waals surface area contributed by atoms with Gasteiger partial charge in [-0.25, -0.2) is 0 Å². The molecule has 0 aliphatic rings. The molecule has 2 aromatic rings. The zero-order valence-corrected chi connectivity index (χ0v) is 11.4. The van der Waals surface area contributed by atoms with Gasteiger partial charge in [0.15, 0.2) is 0 Å². The summed E-state index contributed by atoms with van der Waals surface area (Å²) in [6.07, 6.45) is 3.27. The highest BCUT2D eigenvalue weighted by Gasteiger charge is 2.13. The third-order valence-electron chi connectivity index (χ3n) is 3.11. The van der Waals surface area contributed by atoms with Crippen LogP contribution in [0.2, 0.25) is 0 Å². The summed E-state index contributed by atoms with van der Waals surface area (Å²) in [4.78, 5) is 12.2. The van der Waals surface area contributed by atoms with Crippen LogP contribution in [0.25, 0.3) is 0 Å². The summed E-state index contributed by atoms with van der Waals surface area (Å²) < 4.78 is 5.27. The Labute approximate surface area is 118 Å². The van der Waals surface area contributed by atoms with Gasteiger partial charge in [-0.05, 0) is 37.6 Å². The molecule has 0 aliphatic heterocycles. The molecule has 0 aliphatic carbocycles. The number of hydrogen-bond acceptors (Lipinski definition) is 4. The molecule has 1 heterocycles. The van der Waals surface area contributed by atoms with E-state index in [0.717, 1.165) is 18.6 Å². The smallest absolute Gasteiger partial charge is 0.253 e. The highest BCUT2D eigenvalue weighted by atomic mass is 16.3. The van der Waals surface area contributed by atoms with E-state index in [2.05, 4.69) is 10.7 Å². The number of hydrazine groups is 1. The molecule has 1 aromatic heterocycles. The van der Waals surface area contributed by atoms with E-state index in [0.29, 0.717) is 11.3 Å². The van der Waals surface area contributed by atoms with Gasteiger partial charge in [0.25, 0.3) is 5.91 Å². The molecule has 1 unspecified atom stereocenters. The van der Waals surface area contributed by atoms with Crippen LogP contribution in [0.15, 0.2) is 47.1 Å². The second kappa shape index (κ2) is 6.77. The summed E-state index contributed by atoms with van der Waals surface area (Å²) in [5.41, 5.74) is 3.68. The van der Waals surface area contributed by atoms with E-state index in [4.69, 9.17) is 10.3 Å². The van der Waals surface area contributed by atoms with E-state index < -0.39 is 0 Å². The van der Waals surface area contributed by atoms with Crippen molar-refractivity contribution in [2.45, 2.75) is 25.8 Å². The maximum atomic E-state index is 12.2. The number of nitrogen functional groups attached to an aromatic ring is 1. The normalized spacial score (nSPS) is 11.9. The minimum atomic E-state index is -0.134. The van der Waals surface area contributed by atoms with Crippen LogP contribution in [0.3, 0.4) is 0 Å². The maximum absolute atomic E-state index is 12.2. The number of benzene rings is 1. The van der Waals surface area contributed by atoms with Gasteiger partial charge in [0.05, 0.1) is 17.5 Å². The van der Waals surface area contributed by atoms with Gasteiger partial charge in [0.1, 0.15) is 5.76 Å². The first-order valence-corrected chi connectivity index (χ1v) is 6.59. The number of carbonyl (C=O) groups is 1. The Balaban J connectivity index is 1.90. The fraction of sp³-hybridized carbons (Fsp3) is 0.267. The van der Waals surface area contributed by atoms with E-state index in [9.17, 15) is 4.79 Å². The van der Waals surface area contributed by atoms with E-state index in [1.54, 1.807) is 18.4 Å². The van der Waals surface area contributed by atoms with Crippen molar-refractivity contribution in [3.8, 4) is 0 Å². The molecule has 0 saturated carbocycles. The lowest BCUT2D eigenvalue weighted by atomic mass is 10.1. The van der Waals surface area contributed by atoms with Crippen molar-refractivity contribution >= 4 is 11.6 Å². The van der Waals surface area contributed by atoms with E-state index in [-0.39, 0.29) is 11.9 Å². The number of rotatable bonds is 6. The molecule has 0 radical (unpaired) electrons. The average molecular weight is 273 g/mol. The molecular formula is C15H19N3O2. The van der Waals surface area contributed by atoms with Crippen molar-refractivity contribution in [3.05, 3.63) is 54.0 Å². The molecule has 5 nitrogen and oxygen atoms in total. The molecule has 1 atom stereocenters. The van der Waals surface area contributed by atoms with Crippen LogP contribution in [0.4, 0.5) is 5.69 Å². The lowest BCUT2D eigenvalue weighted by Gasteiger charge is -2.15. The van der Waals surface area contributed by atoms with Crippen LogP contribution in [-0.2, 0) is 6.42 Å². The van der Waals surface area contributed by atoms with Crippen molar-refractivity contribution in [3.63, 3.8) is 0 Å². The number of nitrogens with one attached hydrogen (secondary N) is 2. The molecule has 1 aromatic carbocycles. The first-order chi connectivity index (χ1) is 9.70. The Bertz CT molecular complexity index is 552. The summed E-state index contributed by atoms with van der Waals surface area (Å²) in [5.74, 6) is 6.19. The zero-order valence-electron chi connectivity index (χ0n) is 11.4. The fourth-order valence-electron chi connectivity index (χ4n) is 1.99. The maximum Gasteiger partial charge on any atom is 0.253 e. The largest absolute Gasteiger partial charge is 0.469 e. The minimum absolute atomic E-state index is 0.0541. The van der Waals surface area contributed by atoms with Crippen LogP contribution in [0.1, 0.15) is 29.5 Å². The topological polar surface area (TPSA) is 80.3 Å². The van der Waals surface area contributed by atoms with Crippen LogP contribution in [0, 0.1) is 0 Å². The quantitative estimate of drug-likeness (QED) is 0.557. The van der Waals surface area contributed by atoms with Gasteiger partial charge in [0, 0.05) is 12.5 Å². The van der Waals surface area contributed by atoms with Gasteiger partial charge < -0.3 is 15.2 Å². The molecule has 2 rings (SSSR count). The first-order valence-electron chi connectivity index (χ1n) is 6.59. The Morgan fingerprint density at radius 3 is 2.80 bits per heavy atom. The van der Waals surface area contributed by atoms with Crippen molar-refractivity contribution in [1.29, 1.82) is 0 Å².